The van der Waals surface area contributed by atoms with Gasteiger partial charge in [0.25, 0.3) is 5.91 Å². The van der Waals surface area contributed by atoms with Crippen LogP contribution < -0.4 is 10.6 Å². The summed E-state index contributed by atoms with van der Waals surface area (Å²) in [6.45, 7) is 2.31. The normalized spacial score (nSPS) is 18.2. The van der Waals surface area contributed by atoms with E-state index in [2.05, 4.69) is 10.6 Å². The van der Waals surface area contributed by atoms with E-state index in [1.54, 1.807) is 7.11 Å². The predicted octanol–water partition coefficient (Wildman–Crippen LogP) is 4.48. The van der Waals surface area contributed by atoms with E-state index in [1.165, 1.54) is 11.3 Å². The van der Waals surface area contributed by atoms with Gasteiger partial charge in [-0.25, -0.2) is 14.6 Å². The molecule has 0 aliphatic heterocycles. The van der Waals surface area contributed by atoms with Crippen molar-refractivity contribution in [3.05, 3.63) is 64.2 Å². The number of nitrogens with zero attached hydrogens (tertiary/aromatic N) is 4. The number of para-hydroxylation sites is 1. The number of hydrogen-bond donors (Lipinski definition) is 2. The molecule has 0 spiro atoms. The molecular weight excluding hydrogens is 448 g/mol. The smallest absolute Gasteiger partial charge is 0.261 e. The molecule has 9 heteroatoms. The van der Waals surface area contributed by atoms with Gasteiger partial charge in [0.1, 0.15) is 12.4 Å². The molecule has 5 rings (SSSR count). The van der Waals surface area contributed by atoms with E-state index >= 15 is 0 Å². The van der Waals surface area contributed by atoms with E-state index in [9.17, 15) is 4.79 Å². The molecule has 1 aliphatic carbocycles. The Balaban J connectivity index is 1.35. The largest absolute Gasteiger partial charge is 0.377 e. The molecule has 0 atom stereocenters. The third-order valence-corrected chi connectivity index (χ3v) is 7.04. The van der Waals surface area contributed by atoms with Gasteiger partial charge in [-0.05, 0) is 56.2 Å². The molecule has 0 radical (unpaired) electrons. The van der Waals surface area contributed by atoms with E-state index in [-0.39, 0.29) is 18.0 Å². The van der Waals surface area contributed by atoms with Crippen LogP contribution in [0.5, 0.6) is 0 Å². The summed E-state index contributed by atoms with van der Waals surface area (Å²) < 4.78 is 7.20. The first-order chi connectivity index (χ1) is 16.6. The molecule has 1 fully saturated rings. The average molecular weight is 477 g/mol. The van der Waals surface area contributed by atoms with Gasteiger partial charge in [0.2, 0.25) is 0 Å². The van der Waals surface area contributed by atoms with Crippen LogP contribution in [0.15, 0.2) is 47.8 Å². The molecule has 176 valence electrons. The molecule has 1 saturated carbocycles. The molecule has 34 heavy (non-hydrogen) atoms. The highest BCUT2D eigenvalue weighted by molar-refractivity contribution is 7.12. The minimum atomic E-state index is 0.0251. The van der Waals surface area contributed by atoms with Crippen molar-refractivity contribution in [3.63, 3.8) is 0 Å². The van der Waals surface area contributed by atoms with Crippen LogP contribution in [-0.4, -0.2) is 44.8 Å². The van der Waals surface area contributed by atoms with Crippen molar-refractivity contribution in [3.8, 4) is 5.69 Å². The number of carbonyl (C=O) groups is 1. The van der Waals surface area contributed by atoms with Gasteiger partial charge in [-0.15, -0.1) is 11.3 Å². The summed E-state index contributed by atoms with van der Waals surface area (Å²) in [4.78, 5) is 22.7. The lowest BCUT2D eigenvalue weighted by atomic mass is 9.91. The fourth-order valence-corrected chi connectivity index (χ4v) is 5.14. The van der Waals surface area contributed by atoms with Gasteiger partial charge in [0.05, 0.1) is 21.6 Å². The van der Waals surface area contributed by atoms with Crippen LogP contribution in [0.4, 0.5) is 5.82 Å². The lowest BCUT2D eigenvalue weighted by Gasteiger charge is -2.30. The maximum absolute atomic E-state index is 12.4. The summed E-state index contributed by atoms with van der Waals surface area (Å²) in [6, 6.07) is 14.2. The summed E-state index contributed by atoms with van der Waals surface area (Å²) >= 11 is 1.47. The van der Waals surface area contributed by atoms with Crippen LogP contribution in [-0.2, 0) is 11.3 Å². The van der Waals surface area contributed by atoms with Gasteiger partial charge in [-0.2, -0.15) is 5.10 Å². The average Bonchev–Trinajstić information content (AvgIpc) is 3.50. The molecule has 3 heterocycles. The van der Waals surface area contributed by atoms with Gasteiger partial charge in [-0.1, -0.05) is 24.3 Å². The maximum Gasteiger partial charge on any atom is 0.261 e. The maximum atomic E-state index is 12.4. The van der Waals surface area contributed by atoms with Crippen LogP contribution in [0.25, 0.3) is 16.7 Å². The van der Waals surface area contributed by atoms with Gasteiger partial charge in [-0.3, -0.25) is 4.79 Å². The quantitative estimate of drug-likeness (QED) is 0.408. The van der Waals surface area contributed by atoms with Crippen LogP contribution in [0, 0.1) is 6.92 Å². The zero-order valence-electron chi connectivity index (χ0n) is 19.3. The van der Waals surface area contributed by atoms with Gasteiger partial charge >= 0.3 is 0 Å². The third-order valence-electron chi connectivity index (χ3n) is 6.17. The molecule has 0 saturated heterocycles. The highest BCUT2D eigenvalue weighted by Crippen LogP contribution is 2.29. The lowest BCUT2D eigenvalue weighted by Crippen LogP contribution is -2.40. The minimum absolute atomic E-state index is 0.0251. The Morgan fingerprint density at radius 1 is 1.09 bits per heavy atom. The molecule has 0 bridgehead atoms. The van der Waals surface area contributed by atoms with Crippen LogP contribution in [0.1, 0.15) is 46.9 Å². The second kappa shape index (κ2) is 9.90. The molecule has 4 aromatic rings. The minimum Gasteiger partial charge on any atom is -0.377 e. The second-order valence-electron chi connectivity index (χ2n) is 8.60. The van der Waals surface area contributed by atoms with Crippen molar-refractivity contribution >= 4 is 34.1 Å². The highest BCUT2D eigenvalue weighted by Gasteiger charge is 2.25. The number of methoxy groups -OCH3 is 1. The van der Waals surface area contributed by atoms with Crippen LogP contribution in [0.3, 0.4) is 0 Å². The van der Waals surface area contributed by atoms with E-state index in [4.69, 9.17) is 19.8 Å². The second-order valence-corrected chi connectivity index (χ2v) is 9.54. The Morgan fingerprint density at radius 3 is 2.56 bits per heavy atom. The number of thiophene rings is 1. The number of amides is 1. The SMILES string of the molecule is COCc1nc(NC2CCC(NC(=O)c3cccs3)CC2)c2c(C)nn(-c3ccccc3)c2n1. The number of nitrogens with one attached hydrogen (secondary N) is 2. The number of carbonyl (C=O) groups excluding carboxylic acids is 1. The zero-order chi connectivity index (χ0) is 23.5. The topological polar surface area (TPSA) is 94.0 Å². The van der Waals surface area contributed by atoms with E-state index in [0.717, 1.165) is 58.8 Å². The number of hydrogen-bond acceptors (Lipinski definition) is 7. The van der Waals surface area contributed by atoms with Crippen molar-refractivity contribution in [1.82, 2.24) is 25.1 Å². The standard InChI is InChI=1S/C25H28N6O2S/c1-16-22-23(26-17-10-12-18(13-11-17)27-25(32)20-9-6-14-34-20)28-21(15-33-2)29-24(22)31(30-16)19-7-4-3-5-8-19/h3-9,14,17-18H,10-13,15H2,1-2H3,(H,27,32)(H,26,28,29). The van der Waals surface area contributed by atoms with E-state index in [1.807, 2.05) is 59.5 Å². The summed E-state index contributed by atoms with van der Waals surface area (Å²) in [6.07, 6.45) is 3.76. The van der Waals surface area contributed by atoms with Crippen molar-refractivity contribution in [2.75, 3.05) is 12.4 Å². The number of anilines is 1. The van der Waals surface area contributed by atoms with Gasteiger partial charge < -0.3 is 15.4 Å². The lowest BCUT2D eigenvalue weighted by molar-refractivity contribution is 0.0930. The molecule has 1 amide bonds. The number of ether oxygens (including phenoxy) is 1. The zero-order valence-corrected chi connectivity index (χ0v) is 20.1. The Labute approximate surface area is 202 Å². The first-order valence-electron chi connectivity index (χ1n) is 11.5. The van der Waals surface area contributed by atoms with Crippen molar-refractivity contribution < 1.29 is 9.53 Å². The van der Waals surface area contributed by atoms with E-state index < -0.39 is 0 Å². The number of benzene rings is 1. The number of fused-ring (bicyclic) bond motifs is 1. The summed E-state index contributed by atoms with van der Waals surface area (Å²) in [5, 5.41) is 14.5. The predicted molar refractivity (Wildman–Crippen MR) is 134 cm³/mol. The summed E-state index contributed by atoms with van der Waals surface area (Å²) in [7, 11) is 1.65. The first kappa shape index (κ1) is 22.5. The molecular formula is C25H28N6O2S. The molecule has 3 aromatic heterocycles. The molecule has 1 aliphatic rings. The molecule has 0 unspecified atom stereocenters. The Bertz CT molecular complexity index is 1260. The molecule has 2 N–H and O–H groups in total. The first-order valence-corrected chi connectivity index (χ1v) is 12.4. The highest BCUT2D eigenvalue weighted by atomic mass is 32.1. The van der Waals surface area contributed by atoms with Crippen LogP contribution in [0.2, 0.25) is 0 Å². The molecule has 1 aromatic carbocycles. The van der Waals surface area contributed by atoms with Crippen molar-refractivity contribution in [2.45, 2.75) is 51.3 Å². The third kappa shape index (κ3) is 4.67. The van der Waals surface area contributed by atoms with E-state index in [0.29, 0.717) is 12.4 Å². The fraction of sp³-hybridized carbons (Fsp3) is 0.360. The Hall–Kier alpha value is -3.30. The number of aromatic nitrogens is 4. The van der Waals surface area contributed by atoms with Gasteiger partial charge in [0.15, 0.2) is 11.5 Å². The monoisotopic (exact) mass is 476 g/mol. The Kier molecular flexibility index (Phi) is 6.55. The Morgan fingerprint density at radius 2 is 1.85 bits per heavy atom. The number of rotatable bonds is 7. The van der Waals surface area contributed by atoms with Gasteiger partial charge in [0, 0.05) is 19.2 Å². The van der Waals surface area contributed by atoms with Crippen molar-refractivity contribution in [2.24, 2.45) is 0 Å². The van der Waals surface area contributed by atoms with Crippen LogP contribution >= 0.6 is 11.3 Å². The number of aryl methyl sites for hydroxylation is 1. The summed E-state index contributed by atoms with van der Waals surface area (Å²) in [5.41, 5.74) is 2.60. The summed E-state index contributed by atoms with van der Waals surface area (Å²) in [5.74, 6) is 1.44. The van der Waals surface area contributed by atoms with Crippen molar-refractivity contribution in [1.29, 1.82) is 0 Å². The fourth-order valence-electron chi connectivity index (χ4n) is 4.51. The molecule has 8 nitrogen and oxygen atoms in total.